The van der Waals surface area contributed by atoms with Gasteiger partial charge in [0.05, 0.1) is 0 Å². The van der Waals surface area contributed by atoms with Gasteiger partial charge in [-0.3, -0.25) is 0 Å². The van der Waals surface area contributed by atoms with E-state index in [1.54, 1.807) is 17.0 Å². The van der Waals surface area contributed by atoms with Gasteiger partial charge in [0, 0.05) is 0 Å². The van der Waals surface area contributed by atoms with Gasteiger partial charge in [-0.25, -0.2) is 29.2 Å². The van der Waals surface area contributed by atoms with Crippen LogP contribution < -0.4 is 24.8 Å². The first-order chi connectivity index (χ1) is 24.6. The smallest absolute Gasteiger partial charge is 0.172 e. The van der Waals surface area contributed by atoms with Gasteiger partial charge in [-0.1, -0.05) is 99.1 Å². The quantitative estimate of drug-likeness (QED) is 0.151. The Morgan fingerprint density at radius 1 is 0.759 bits per heavy atom. The van der Waals surface area contributed by atoms with E-state index in [4.69, 9.17) is 0 Å². The third kappa shape index (κ3) is 9.21. The second kappa shape index (κ2) is 17.8. The second-order valence-corrected chi connectivity index (χ2v) is 16.7. The molecular formula is C45H46Cl2F6Zr-2. The van der Waals surface area contributed by atoms with Gasteiger partial charge in [0.2, 0.25) is 0 Å². The Balaban J connectivity index is 0.000000208. The molecule has 2 saturated carbocycles. The van der Waals surface area contributed by atoms with Crippen LogP contribution in [0.5, 0.6) is 0 Å². The van der Waals surface area contributed by atoms with Crippen LogP contribution in [0.4, 0.5) is 26.3 Å². The minimum atomic E-state index is -4.49. The Hall–Kier alpha value is -2.47. The number of halogens is 8. The first kappa shape index (κ1) is 44.3. The second-order valence-electron chi connectivity index (χ2n) is 15.5. The molecule has 2 fully saturated rings. The standard InChI is InChI=1S/C25H33.C15H8F6.C5H5.2ClH.Zr/c1-15-13-21-19-11-7-8-12-20(19)24-18-10-6-5-9-17(18)14-22(24)23(21)16(2)25(15,3)4;16-14(17,18)12-5-1-3-10(8-12)7-11-4-2-6-13(9-11)15(19,20)21;1-2-4-5-3-1;;;/h5-6,9-10,15,19-21,24H,7-8,11-14H2,1-4H3;1-6,8-9H;1-5H;2*1H;/q-1;;-1;;;+2/p-2. The van der Waals surface area contributed by atoms with E-state index in [9.17, 15) is 26.3 Å². The summed E-state index contributed by atoms with van der Waals surface area (Å²) in [4.78, 5) is 0. The summed E-state index contributed by atoms with van der Waals surface area (Å²) in [5.41, 5.74) is 6.25. The minimum absolute atomic E-state index is 0. The maximum atomic E-state index is 12.7. The van der Waals surface area contributed by atoms with Crippen molar-refractivity contribution in [2.45, 2.75) is 84.5 Å². The van der Waals surface area contributed by atoms with Crippen LogP contribution in [0.25, 0.3) is 0 Å². The molecule has 0 nitrogen and oxygen atoms in total. The van der Waals surface area contributed by atoms with Crippen molar-refractivity contribution in [1.29, 1.82) is 0 Å². The van der Waals surface area contributed by atoms with Crippen LogP contribution in [0.1, 0.15) is 99.1 Å². The fourth-order valence-corrected chi connectivity index (χ4v) is 9.96. The summed E-state index contributed by atoms with van der Waals surface area (Å²) in [6.45, 7) is 9.99. The summed E-state index contributed by atoms with van der Waals surface area (Å²) in [6, 6.07) is 28.5. The van der Waals surface area contributed by atoms with Crippen molar-refractivity contribution in [3.05, 3.63) is 154 Å². The average Bonchev–Trinajstić information content (AvgIpc) is 3.83. The molecule has 8 rings (SSSR count). The fourth-order valence-electron chi connectivity index (χ4n) is 9.20. The van der Waals surface area contributed by atoms with E-state index in [1.807, 2.05) is 41.5 Å². The van der Waals surface area contributed by atoms with Crippen molar-refractivity contribution in [1.82, 2.24) is 0 Å². The molecule has 0 aromatic heterocycles. The first-order valence-electron chi connectivity index (χ1n) is 18.3. The predicted molar refractivity (Wildman–Crippen MR) is 193 cm³/mol. The number of hydrogen-bond acceptors (Lipinski definition) is 0. The number of alkyl halides is 6. The number of allylic oxidation sites excluding steroid dienone is 2. The van der Waals surface area contributed by atoms with Gasteiger partial charge in [0.25, 0.3) is 0 Å². The number of hydrogen-bond donors (Lipinski definition) is 0. The topological polar surface area (TPSA) is 0 Å². The van der Waals surface area contributed by atoms with Crippen molar-refractivity contribution in [3.8, 4) is 0 Å². The number of fused-ring (bicyclic) bond motifs is 7. The van der Waals surface area contributed by atoms with Gasteiger partial charge < -0.3 is 24.8 Å². The third-order valence-corrected chi connectivity index (χ3v) is 13.8. The van der Waals surface area contributed by atoms with Crippen LogP contribution in [0.2, 0.25) is 0 Å². The molecule has 0 bridgehead atoms. The van der Waals surface area contributed by atoms with Crippen molar-refractivity contribution in [2.75, 3.05) is 0 Å². The Labute approximate surface area is 343 Å². The molecular weight excluding hydrogens is 817 g/mol. The van der Waals surface area contributed by atoms with E-state index in [0.29, 0.717) is 8.62 Å². The zero-order valence-electron chi connectivity index (χ0n) is 31.0. The Morgan fingerprint density at radius 2 is 1.30 bits per heavy atom. The molecule has 4 aromatic rings. The zero-order chi connectivity index (χ0) is 37.4. The Kier molecular flexibility index (Phi) is 14.6. The molecule has 0 aliphatic heterocycles. The summed E-state index contributed by atoms with van der Waals surface area (Å²) in [5.74, 6) is 6.00. The van der Waals surface area contributed by atoms with Gasteiger partial charge in [0.15, 0.2) is 0 Å². The molecule has 0 radical (unpaired) electrons. The molecule has 5 atom stereocenters. The molecule has 4 aliphatic carbocycles. The summed E-state index contributed by atoms with van der Waals surface area (Å²) in [7, 11) is 0. The van der Waals surface area contributed by atoms with E-state index < -0.39 is 23.5 Å². The van der Waals surface area contributed by atoms with Crippen molar-refractivity contribution in [3.63, 3.8) is 0 Å². The third-order valence-electron chi connectivity index (χ3n) is 12.4. The molecule has 288 valence electrons. The molecule has 0 heterocycles. The van der Waals surface area contributed by atoms with Crippen molar-refractivity contribution in [2.24, 2.45) is 29.1 Å². The van der Waals surface area contributed by atoms with Crippen molar-refractivity contribution >= 4 is 3.21 Å². The molecule has 4 aromatic carbocycles. The van der Waals surface area contributed by atoms with Gasteiger partial charge in [-0.2, -0.15) is 18.2 Å². The maximum Gasteiger partial charge on any atom is -0.172 e. The average molecular weight is 863 g/mol. The molecule has 5 unspecified atom stereocenters. The monoisotopic (exact) mass is 860 g/mol. The normalized spacial score (nSPS) is 23.7. The summed E-state index contributed by atoms with van der Waals surface area (Å²) in [6.07, 6.45) is -0.450. The molecule has 0 amide bonds. The van der Waals surface area contributed by atoms with Gasteiger partial charge >= 0.3 is 137 Å². The Morgan fingerprint density at radius 3 is 1.81 bits per heavy atom. The van der Waals surface area contributed by atoms with E-state index in [1.165, 1.54) is 62.8 Å². The van der Waals surface area contributed by atoms with Crippen molar-refractivity contribution < 1.29 is 75.4 Å². The largest absolute Gasteiger partial charge is 1.00 e. The van der Waals surface area contributed by atoms with E-state index >= 15 is 0 Å². The maximum absolute atomic E-state index is 12.7. The fraction of sp³-hybridized carbons (Fsp3) is 0.400. The van der Waals surface area contributed by atoms with Gasteiger partial charge in [0.1, 0.15) is 0 Å². The molecule has 0 N–H and O–H groups in total. The van der Waals surface area contributed by atoms with Crippen LogP contribution >= 0.6 is 0 Å². The Bertz CT molecular complexity index is 1810. The van der Waals surface area contributed by atoms with Crippen LogP contribution in [0, 0.1) is 35.0 Å². The van der Waals surface area contributed by atoms with E-state index in [2.05, 4.69) is 52.0 Å². The molecule has 0 saturated heterocycles. The van der Waals surface area contributed by atoms with Crippen LogP contribution in [-0.2, 0) is 43.0 Å². The van der Waals surface area contributed by atoms with Crippen LogP contribution in [-0.4, -0.2) is 3.21 Å². The minimum Gasteiger partial charge on any atom is -1.00 e. The SMILES string of the molecule is C[C-]1C2=C3Cc4ccccc4C3C3CCCCC3C2CC(C)C1(C)C.FC(F)(F)c1cccc([C](=[Zr+2])c2cccc(C(F)(F)F)c2)c1.[Cl-].[Cl-].c1cc[cH-]c1. The molecule has 9 heteroatoms. The van der Waals surface area contributed by atoms with E-state index in [0.717, 1.165) is 78.1 Å². The molecule has 54 heavy (non-hydrogen) atoms. The van der Waals surface area contributed by atoms with Crippen LogP contribution in [0.3, 0.4) is 0 Å². The van der Waals surface area contributed by atoms with E-state index in [-0.39, 0.29) is 35.9 Å². The van der Waals surface area contributed by atoms with Gasteiger partial charge in [-0.15, -0.1) is 6.92 Å². The summed E-state index contributed by atoms with van der Waals surface area (Å²) < 4.78 is 76.7. The molecule has 0 spiro atoms. The summed E-state index contributed by atoms with van der Waals surface area (Å²) in [5, 5.41) is 0. The number of rotatable bonds is 2. The zero-order valence-corrected chi connectivity index (χ0v) is 34.9. The number of benzene rings is 3. The van der Waals surface area contributed by atoms with Crippen LogP contribution in [0.15, 0.2) is 114 Å². The first-order valence-corrected chi connectivity index (χ1v) is 19.6. The van der Waals surface area contributed by atoms with Gasteiger partial charge in [-0.05, 0) is 30.6 Å². The summed E-state index contributed by atoms with van der Waals surface area (Å²) >= 11 is 0.729. The molecule has 4 aliphatic rings. The predicted octanol–water partition coefficient (Wildman–Crippen LogP) is 6.97.